The zero-order valence-corrected chi connectivity index (χ0v) is 15.6. The van der Waals surface area contributed by atoms with Crippen LogP contribution in [-0.4, -0.2) is 6.54 Å². The van der Waals surface area contributed by atoms with Crippen LogP contribution >= 0.6 is 0 Å². The van der Waals surface area contributed by atoms with E-state index in [1.807, 2.05) is 19.1 Å². The largest absolute Gasteiger partial charge is 0.416 e. The highest BCUT2D eigenvalue weighted by atomic mass is 19.4. The predicted molar refractivity (Wildman–Crippen MR) is 105 cm³/mol. The molecule has 4 heteroatoms. The van der Waals surface area contributed by atoms with E-state index in [2.05, 4.69) is 42.6 Å². The summed E-state index contributed by atoms with van der Waals surface area (Å²) in [6, 6.07) is 20.4. The number of hydrogen-bond acceptors (Lipinski definition) is 1. The van der Waals surface area contributed by atoms with Crippen LogP contribution in [0.15, 0.2) is 66.7 Å². The van der Waals surface area contributed by atoms with Crippen LogP contribution in [0.3, 0.4) is 0 Å². The van der Waals surface area contributed by atoms with Gasteiger partial charge in [0.05, 0.1) is 5.56 Å². The number of alkyl halides is 3. The molecule has 0 radical (unpaired) electrons. The van der Waals surface area contributed by atoms with Gasteiger partial charge >= 0.3 is 6.18 Å². The van der Waals surface area contributed by atoms with Crippen molar-refractivity contribution >= 4 is 10.8 Å². The fourth-order valence-corrected chi connectivity index (χ4v) is 3.44. The number of fused-ring (bicyclic) bond motifs is 1. The smallest absolute Gasteiger partial charge is 0.310 e. The predicted octanol–water partition coefficient (Wildman–Crippen LogP) is 6.70. The summed E-state index contributed by atoms with van der Waals surface area (Å²) in [5, 5.41) is 5.95. The van der Waals surface area contributed by atoms with Gasteiger partial charge in [0.25, 0.3) is 0 Å². The summed E-state index contributed by atoms with van der Waals surface area (Å²) in [5.74, 6) is 0.0551. The Balaban J connectivity index is 1.62. The van der Waals surface area contributed by atoms with E-state index < -0.39 is 11.7 Å². The van der Waals surface area contributed by atoms with Crippen LogP contribution in [0.2, 0.25) is 0 Å². The second kappa shape index (κ2) is 8.13. The highest BCUT2D eigenvalue weighted by molar-refractivity contribution is 5.86. The van der Waals surface area contributed by atoms with Crippen molar-refractivity contribution in [2.24, 2.45) is 0 Å². The Hall–Kier alpha value is -2.33. The molecule has 0 aliphatic heterocycles. The zero-order chi connectivity index (χ0) is 19.4. The van der Waals surface area contributed by atoms with E-state index in [0.29, 0.717) is 0 Å². The molecule has 0 saturated heterocycles. The lowest BCUT2D eigenvalue weighted by Crippen LogP contribution is -2.21. The number of halogens is 3. The molecule has 3 rings (SSSR count). The van der Waals surface area contributed by atoms with Gasteiger partial charge in [0.15, 0.2) is 0 Å². The Morgan fingerprint density at radius 1 is 0.889 bits per heavy atom. The molecule has 2 atom stereocenters. The average molecular weight is 371 g/mol. The highest BCUT2D eigenvalue weighted by Crippen LogP contribution is 2.31. The Morgan fingerprint density at radius 3 is 2.37 bits per heavy atom. The van der Waals surface area contributed by atoms with Crippen LogP contribution in [0.25, 0.3) is 10.8 Å². The summed E-state index contributed by atoms with van der Waals surface area (Å²) < 4.78 is 38.7. The third kappa shape index (κ3) is 4.69. The van der Waals surface area contributed by atoms with Gasteiger partial charge < -0.3 is 5.32 Å². The Morgan fingerprint density at radius 2 is 1.59 bits per heavy atom. The lowest BCUT2D eigenvalue weighted by atomic mass is 9.95. The second-order valence-electron chi connectivity index (χ2n) is 7.06. The summed E-state index contributed by atoms with van der Waals surface area (Å²) in [4.78, 5) is 0. The van der Waals surface area contributed by atoms with Gasteiger partial charge in [-0.1, -0.05) is 67.6 Å². The minimum Gasteiger partial charge on any atom is -0.310 e. The summed E-state index contributed by atoms with van der Waals surface area (Å²) in [7, 11) is 0. The van der Waals surface area contributed by atoms with Crippen molar-refractivity contribution in [2.45, 2.75) is 38.4 Å². The van der Waals surface area contributed by atoms with Gasteiger partial charge in [-0.15, -0.1) is 0 Å². The maximum absolute atomic E-state index is 12.9. The molecular weight excluding hydrogens is 347 g/mol. The van der Waals surface area contributed by atoms with Crippen LogP contribution < -0.4 is 5.32 Å². The molecule has 0 aliphatic rings. The molecule has 3 aromatic carbocycles. The van der Waals surface area contributed by atoms with Crippen molar-refractivity contribution in [3.05, 3.63) is 83.4 Å². The summed E-state index contributed by atoms with van der Waals surface area (Å²) in [6.07, 6.45) is -3.52. The van der Waals surface area contributed by atoms with Crippen molar-refractivity contribution in [1.29, 1.82) is 0 Å². The van der Waals surface area contributed by atoms with Gasteiger partial charge in [-0.05, 0) is 53.8 Å². The van der Waals surface area contributed by atoms with E-state index in [-0.39, 0.29) is 12.0 Å². The molecule has 0 aliphatic carbocycles. The molecule has 0 heterocycles. The van der Waals surface area contributed by atoms with Gasteiger partial charge in [-0.25, -0.2) is 0 Å². The van der Waals surface area contributed by atoms with Crippen LogP contribution in [0.4, 0.5) is 13.2 Å². The molecule has 0 aromatic heterocycles. The molecule has 0 fully saturated rings. The standard InChI is InChI=1S/C23H24F3N/c1-16(19-9-5-10-20(15-19)23(24,25)26)13-14-27-17(2)21-12-6-8-18-7-3-4-11-22(18)21/h3-12,15-17,27H,13-14H2,1-2H3/t16?,17-/m1/s1. The van der Waals surface area contributed by atoms with E-state index >= 15 is 0 Å². The van der Waals surface area contributed by atoms with Crippen LogP contribution in [0, 0.1) is 0 Å². The normalized spacial score (nSPS) is 14.3. The topological polar surface area (TPSA) is 12.0 Å². The molecule has 0 amide bonds. The number of benzene rings is 3. The highest BCUT2D eigenvalue weighted by Gasteiger charge is 2.30. The third-order valence-electron chi connectivity index (χ3n) is 5.10. The minimum absolute atomic E-state index is 0.0551. The fourth-order valence-electron chi connectivity index (χ4n) is 3.44. The molecule has 3 aromatic rings. The second-order valence-corrected chi connectivity index (χ2v) is 7.06. The molecular formula is C23H24F3N. The maximum atomic E-state index is 12.9. The van der Waals surface area contributed by atoms with Crippen molar-refractivity contribution in [3.63, 3.8) is 0 Å². The van der Waals surface area contributed by atoms with E-state index in [4.69, 9.17) is 0 Å². The molecule has 0 saturated carbocycles. The van der Waals surface area contributed by atoms with E-state index in [1.54, 1.807) is 6.07 Å². The quantitative estimate of drug-likeness (QED) is 0.508. The monoisotopic (exact) mass is 371 g/mol. The van der Waals surface area contributed by atoms with Crippen molar-refractivity contribution in [3.8, 4) is 0 Å². The van der Waals surface area contributed by atoms with Crippen molar-refractivity contribution < 1.29 is 13.2 Å². The van der Waals surface area contributed by atoms with Gasteiger partial charge in [0.2, 0.25) is 0 Å². The lowest BCUT2D eigenvalue weighted by Gasteiger charge is -2.19. The van der Waals surface area contributed by atoms with Crippen LogP contribution in [-0.2, 0) is 6.18 Å². The molecule has 0 bridgehead atoms. The average Bonchev–Trinajstić information content (AvgIpc) is 2.66. The fraction of sp³-hybridized carbons (Fsp3) is 0.304. The molecule has 27 heavy (non-hydrogen) atoms. The molecule has 142 valence electrons. The molecule has 1 N–H and O–H groups in total. The van der Waals surface area contributed by atoms with Gasteiger partial charge in [0.1, 0.15) is 0 Å². The summed E-state index contributed by atoms with van der Waals surface area (Å²) in [5.41, 5.74) is 1.38. The van der Waals surface area contributed by atoms with Gasteiger partial charge in [-0.3, -0.25) is 0 Å². The van der Waals surface area contributed by atoms with E-state index in [1.165, 1.54) is 28.5 Å². The Bertz CT molecular complexity index is 896. The SMILES string of the molecule is CC(CCN[C@H](C)c1cccc2ccccc12)c1cccc(C(F)(F)F)c1. The van der Waals surface area contributed by atoms with Gasteiger partial charge in [0, 0.05) is 6.04 Å². The number of rotatable bonds is 6. The molecule has 1 unspecified atom stereocenters. The first-order valence-corrected chi connectivity index (χ1v) is 9.24. The maximum Gasteiger partial charge on any atom is 0.416 e. The summed E-state index contributed by atoms with van der Waals surface area (Å²) in [6.45, 7) is 4.83. The number of hydrogen-bond donors (Lipinski definition) is 1. The van der Waals surface area contributed by atoms with E-state index in [0.717, 1.165) is 24.6 Å². The Labute approximate surface area is 158 Å². The molecule has 1 nitrogen and oxygen atoms in total. The van der Waals surface area contributed by atoms with Crippen LogP contribution in [0.5, 0.6) is 0 Å². The molecule has 0 spiro atoms. The van der Waals surface area contributed by atoms with E-state index in [9.17, 15) is 13.2 Å². The first-order chi connectivity index (χ1) is 12.9. The zero-order valence-electron chi connectivity index (χ0n) is 15.6. The first-order valence-electron chi connectivity index (χ1n) is 9.24. The Kier molecular flexibility index (Phi) is 5.85. The van der Waals surface area contributed by atoms with Gasteiger partial charge in [-0.2, -0.15) is 13.2 Å². The minimum atomic E-state index is -4.29. The summed E-state index contributed by atoms with van der Waals surface area (Å²) >= 11 is 0. The van der Waals surface area contributed by atoms with Crippen molar-refractivity contribution in [1.82, 2.24) is 5.32 Å². The lowest BCUT2D eigenvalue weighted by molar-refractivity contribution is -0.137. The first kappa shape index (κ1) is 19.4. The number of nitrogens with one attached hydrogen (secondary N) is 1. The van der Waals surface area contributed by atoms with Crippen molar-refractivity contribution in [2.75, 3.05) is 6.54 Å². The van der Waals surface area contributed by atoms with Crippen LogP contribution in [0.1, 0.15) is 48.9 Å². The third-order valence-corrected chi connectivity index (χ3v) is 5.10.